The lowest BCUT2D eigenvalue weighted by molar-refractivity contribution is 0.0516. The quantitative estimate of drug-likeness (QED) is 0.574. The summed E-state index contributed by atoms with van der Waals surface area (Å²) in [4.78, 5) is 14.6. The molecule has 0 atom stereocenters. The summed E-state index contributed by atoms with van der Waals surface area (Å²) in [5.74, 6) is -0.426. The van der Waals surface area contributed by atoms with E-state index in [-0.39, 0.29) is 6.61 Å². The normalized spacial score (nSPS) is 10.6. The fourth-order valence-electron chi connectivity index (χ4n) is 3.28. The van der Waals surface area contributed by atoms with Gasteiger partial charge in [-0.3, -0.25) is 0 Å². The molecule has 8 heteroatoms. The lowest BCUT2D eigenvalue weighted by atomic mass is 9.99. The molecular weight excluding hydrogens is 386 g/mol. The van der Waals surface area contributed by atoms with Gasteiger partial charge in [0.2, 0.25) is 5.13 Å². The van der Waals surface area contributed by atoms with Crippen molar-refractivity contribution in [2.24, 2.45) is 7.05 Å². The molecule has 0 unspecified atom stereocenters. The molecule has 0 spiro atoms. The van der Waals surface area contributed by atoms with Crippen LogP contribution in [-0.4, -0.2) is 41.4 Å². The third-order valence-electron chi connectivity index (χ3n) is 4.65. The van der Waals surface area contributed by atoms with E-state index >= 15 is 0 Å². The first kappa shape index (κ1) is 20.6. The van der Waals surface area contributed by atoms with Crippen molar-refractivity contribution >= 4 is 22.4 Å². The molecule has 2 heterocycles. The number of ether oxygens (including phenoxy) is 1. The topological polar surface area (TPSA) is 84.0 Å². The maximum absolute atomic E-state index is 12.6. The Balaban J connectivity index is 2.10. The molecule has 3 rings (SSSR count). The summed E-state index contributed by atoms with van der Waals surface area (Å²) in [6.45, 7) is 4.01. The maximum Gasteiger partial charge on any atom is 0.355 e. The van der Waals surface area contributed by atoms with Gasteiger partial charge in [0, 0.05) is 38.0 Å². The highest BCUT2D eigenvalue weighted by molar-refractivity contribution is 7.18. The summed E-state index contributed by atoms with van der Waals surface area (Å²) in [6, 6.07) is 9.96. The molecule has 29 heavy (non-hydrogen) atoms. The highest BCUT2D eigenvalue weighted by Gasteiger charge is 2.26. The molecule has 0 bridgehead atoms. The lowest BCUT2D eigenvalue weighted by Crippen LogP contribution is -2.12. The number of esters is 1. The Bertz CT molecular complexity index is 1070. The fourth-order valence-corrected chi connectivity index (χ4v) is 4.05. The highest BCUT2D eigenvalue weighted by Crippen LogP contribution is 2.35. The average molecular weight is 410 g/mol. The van der Waals surface area contributed by atoms with Gasteiger partial charge in [-0.15, -0.1) is 10.2 Å². The minimum Gasteiger partial charge on any atom is -0.461 e. The second-order valence-electron chi connectivity index (χ2n) is 6.65. The molecule has 2 aromatic heterocycles. The molecule has 0 radical (unpaired) electrons. The molecule has 1 aromatic carbocycles. The number of anilines is 1. The van der Waals surface area contributed by atoms with Gasteiger partial charge in [-0.25, -0.2) is 4.79 Å². The number of nitrogens with zero attached hydrogens (tertiary/aromatic N) is 5. The van der Waals surface area contributed by atoms with E-state index in [0.29, 0.717) is 23.2 Å². The third-order valence-corrected chi connectivity index (χ3v) is 5.79. The van der Waals surface area contributed by atoms with Crippen molar-refractivity contribution in [2.75, 3.05) is 25.6 Å². The molecule has 0 aliphatic heterocycles. The zero-order valence-electron chi connectivity index (χ0n) is 17.2. The van der Waals surface area contributed by atoms with Crippen molar-refractivity contribution in [1.29, 1.82) is 5.26 Å². The maximum atomic E-state index is 12.6. The number of aromatic nitrogens is 3. The number of benzene rings is 1. The van der Waals surface area contributed by atoms with Crippen LogP contribution >= 0.6 is 11.3 Å². The second-order valence-corrected chi connectivity index (χ2v) is 7.61. The zero-order valence-corrected chi connectivity index (χ0v) is 18.0. The van der Waals surface area contributed by atoms with Gasteiger partial charge in [-0.1, -0.05) is 42.5 Å². The number of hydrogen-bond acceptors (Lipinski definition) is 7. The third kappa shape index (κ3) is 3.74. The number of carbonyl (C=O) groups is 1. The SMILES string of the molecule is CCOC(=O)c1c(-c2ccc(-c3nnc(N(C)C)s3)cc2)c(C#N)c(CC)n1C. The molecular formula is C21H23N5O2S. The van der Waals surface area contributed by atoms with Crippen LogP contribution < -0.4 is 4.90 Å². The number of nitriles is 1. The minimum atomic E-state index is -0.426. The van der Waals surface area contributed by atoms with Crippen LogP contribution in [0.1, 0.15) is 35.6 Å². The Morgan fingerprint density at radius 2 is 1.86 bits per heavy atom. The van der Waals surface area contributed by atoms with E-state index in [0.717, 1.165) is 27.0 Å². The van der Waals surface area contributed by atoms with Gasteiger partial charge < -0.3 is 14.2 Å². The molecule has 0 amide bonds. The first-order valence-electron chi connectivity index (χ1n) is 9.33. The lowest BCUT2D eigenvalue weighted by Gasteiger charge is -2.08. The van der Waals surface area contributed by atoms with Gasteiger partial charge in [0.25, 0.3) is 0 Å². The van der Waals surface area contributed by atoms with Crippen LogP contribution in [0.25, 0.3) is 21.7 Å². The summed E-state index contributed by atoms with van der Waals surface area (Å²) in [5.41, 5.74) is 4.07. The van der Waals surface area contributed by atoms with E-state index in [9.17, 15) is 10.1 Å². The Kier molecular flexibility index (Phi) is 5.99. The summed E-state index contributed by atoms with van der Waals surface area (Å²) >= 11 is 1.50. The van der Waals surface area contributed by atoms with Crippen LogP contribution in [0.15, 0.2) is 24.3 Å². The summed E-state index contributed by atoms with van der Waals surface area (Å²) < 4.78 is 7.03. The van der Waals surface area contributed by atoms with Gasteiger partial charge in [0.15, 0.2) is 0 Å². The fraction of sp³-hybridized carbons (Fsp3) is 0.333. The number of rotatable bonds is 6. The average Bonchev–Trinajstić information content (AvgIpc) is 3.31. The summed E-state index contributed by atoms with van der Waals surface area (Å²) in [7, 11) is 5.65. The van der Waals surface area contributed by atoms with Crippen LogP contribution in [-0.2, 0) is 18.2 Å². The molecule has 0 saturated heterocycles. The summed E-state index contributed by atoms with van der Waals surface area (Å²) in [5, 5.41) is 19.8. The van der Waals surface area contributed by atoms with E-state index in [1.54, 1.807) is 18.5 Å². The predicted octanol–water partition coefficient (Wildman–Crippen LogP) is 3.89. The first-order valence-corrected chi connectivity index (χ1v) is 10.1. The largest absolute Gasteiger partial charge is 0.461 e. The monoisotopic (exact) mass is 409 g/mol. The van der Waals surface area contributed by atoms with Crippen LogP contribution in [0.3, 0.4) is 0 Å². The molecule has 0 fully saturated rings. The van der Waals surface area contributed by atoms with Gasteiger partial charge in [0.05, 0.1) is 12.2 Å². The van der Waals surface area contributed by atoms with Crippen molar-refractivity contribution in [2.45, 2.75) is 20.3 Å². The molecule has 150 valence electrons. The minimum absolute atomic E-state index is 0.275. The number of hydrogen-bond donors (Lipinski definition) is 0. The molecule has 0 N–H and O–H groups in total. The summed E-state index contributed by atoms with van der Waals surface area (Å²) in [6.07, 6.45) is 0.641. The second kappa shape index (κ2) is 8.45. The van der Waals surface area contributed by atoms with E-state index in [4.69, 9.17) is 4.74 Å². The smallest absolute Gasteiger partial charge is 0.355 e. The van der Waals surface area contributed by atoms with Crippen molar-refractivity contribution in [3.8, 4) is 27.8 Å². The predicted molar refractivity (Wildman–Crippen MR) is 114 cm³/mol. The Labute approximate surface area is 174 Å². The van der Waals surface area contributed by atoms with Crippen molar-refractivity contribution in [3.05, 3.63) is 41.2 Å². The van der Waals surface area contributed by atoms with Crippen molar-refractivity contribution < 1.29 is 9.53 Å². The van der Waals surface area contributed by atoms with Crippen molar-refractivity contribution in [1.82, 2.24) is 14.8 Å². The molecule has 0 aliphatic rings. The number of carbonyl (C=O) groups excluding carboxylic acids is 1. The Hall–Kier alpha value is -3.18. The van der Waals surface area contributed by atoms with E-state index in [1.807, 2.05) is 50.2 Å². The Morgan fingerprint density at radius 1 is 1.21 bits per heavy atom. The van der Waals surface area contributed by atoms with E-state index in [2.05, 4.69) is 16.3 Å². The standard InChI is InChI=1S/C21H23N5O2S/c1-6-16-15(12-22)17(18(26(16)5)20(27)28-7-2)13-8-10-14(11-9-13)19-23-24-21(29-19)25(3)4/h8-11H,6-7H2,1-5H3. The van der Waals surface area contributed by atoms with Gasteiger partial charge >= 0.3 is 5.97 Å². The van der Waals surface area contributed by atoms with Crippen LogP contribution in [0, 0.1) is 11.3 Å². The van der Waals surface area contributed by atoms with E-state index < -0.39 is 5.97 Å². The van der Waals surface area contributed by atoms with Crippen LogP contribution in [0.5, 0.6) is 0 Å². The molecule has 0 aliphatic carbocycles. The molecule has 3 aromatic rings. The van der Waals surface area contributed by atoms with E-state index in [1.165, 1.54) is 11.3 Å². The zero-order chi connectivity index (χ0) is 21.1. The van der Waals surface area contributed by atoms with Gasteiger partial charge in [-0.2, -0.15) is 5.26 Å². The van der Waals surface area contributed by atoms with Crippen LogP contribution in [0.2, 0.25) is 0 Å². The first-order chi connectivity index (χ1) is 13.9. The Morgan fingerprint density at radius 3 is 2.38 bits per heavy atom. The van der Waals surface area contributed by atoms with Crippen LogP contribution in [0.4, 0.5) is 5.13 Å². The van der Waals surface area contributed by atoms with Crippen molar-refractivity contribution in [3.63, 3.8) is 0 Å². The molecule has 7 nitrogen and oxygen atoms in total. The van der Waals surface area contributed by atoms with Gasteiger partial charge in [-0.05, 0) is 18.9 Å². The highest BCUT2D eigenvalue weighted by atomic mass is 32.1. The van der Waals surface area contributed by atoms with Gasteiger partial charge in [0.1, 0.15) is 16.8 Å². The molecule has 0 saturated carbocycles.